The SMILES string of the molecule is Cc1cc(OC(C)C(=O)Nc2noc(-c3ccccc3C)n2)ccc1Cl. The van der Waals surface area contributed by atoms with Crippen LogP contribution in [0.2, 0.25) is 5.02 Å². The van der Waals surface area contributed by atoms with Crippen molar-refractivity contribution < 1.29 is 14.1 Å². The number of rotatable bonds is 5. The summed E-state index contributed by atoms with van der Waals surface area (Å²) in [5.41, 5.74) is 2.70. The van der Waals surface area contributed by atoms with Gasteiger partial charge in [-0.2, -0.15) is 4.98 Å². The van der Waals surface area contributed by atoms with Gasteiger partial charge in [-0.3, -0.25) is 10.1 Å². The molecule has 0 spiro atoms. The maximum absolute atomic E-state index is 12.3. The fourth-order valence-corrected chi connectivity index (χ4v) is 2.47. The van der Waals surface area contributed by atoms with Gasteiger partial charge in [0.2, 0.25) is 0 Å². The van der Waals surface area contributed by atoms with Crippen LogP contribution in [0.25, 0.3) is 11.5 Å². The standard InChI is InChI=1S/C19H18ClN3O3/c1-11-6-4-5-7-15(11)18-22-19(23-26-18)21-17(24)13(3)25-14-8-9-16(20)12(2)10-14/h4-10,13H,1-3H3,(H,21,23,24). The molecule has 1 unspecified atom stereocenters. The molecule has 2 aromatic carbocycles. The van der Waals surface area contributed by atoms with Gasteiger partial charge in [0.15, 0.2) is 6.10 Å². The molecule has 0 aliphatic heterocycles. The van der Waals surface area contributed by atoms with Crippen LogP contribution in [0.5, 0.6) is 5.75 Å². The Morgan fingerprint density at radius 3 is 2.69 bits per heavy atom. The zero-order valence-electron chi connectivity index (χ0n) is 14.6. The molecule has 1 amide bonds. The van der Waals surface area contributed by atoms with Gasteiger partial charge < -0.3 is 9.26 Å². The van der Waals surface area contributed by atoms with Crippen molar-refractivity contribution in [2.24, 2.45) is 0 Å². The number of ether oxygens (including phenoxy) is 1. The second-order valence-corrected chi connectivity index (χ2v) is 6.31. The first-order valence-electron chi connectivity index (χ1n) is 8.07. The van der Waals surface area contributed by atoms with Crippen LogP contribution in [0.3, 0.4) is 0 Å². The first-order chi connectivity index (χ1) is 12.4. The molecule has 134 valence electrons. The maximum Gasteiger partial charge on any atom is 0.270 e. The van der Waals surface area contributed by atoms with Crippen LogP contribution in [-0.4, -0.2) is 22.2 Å². The molecule has 0 saturated carbocycles. The first kappa shape index (κ1) is 17.9. The summed E-state index contributed by atoms with van der Waals surface area (Å²) in [4.78, 5) is 16.5. The van der Waals surface area contributed by atoms with E-state index in [1.807, 2.05) is 38.1 Å². The van der Waals surface area contributed by atoms with Crippen LogP contribution < -0.4 is 10.1 Å². The van der Waals surface area contributed by atoms with Gasteiger partial charge in [-0.1, -0.05) is 29.8 Å². The number of aromatic nitrogens is 2. The molecule has 26 heavy (non-hydrogen) atoms. The maximum atomic E-state index is 12.3. The highest BCUT2D eigenvalue weighted by atomic mass is 35.5. The van der Waals surface area contributed by atoms with Gasteiger partial charge >= 0.3 is 0 Å². The fourth-order valence-electron chi connectivity index (χ4n) is 2.36. The monoisotopic (exact) mass is 371 g/mol. The summed E-state index contributed by atoms with van der Waals surface area (Å²) in [5.74, 6) is 0.620. The van der Waals surface area contributed by atoms with Crippen LogP contribution >= 0.6 is 11.6 Å². The lowest BCUT2D eigenvalue weighted by molar-refractivity contribution is -0.122. The van der Waals surface area contributed by atoms with Crippen LogP contribution in [-0.2, 0) is 4.79 Å². The van der Waals surface area contributed by atoms with E-state index in [1.54, 1.807) is 25.1 Å². The fraction of sp³-hybridized carbons (Fsp3) is 0.211. The van der Waals surface area contributed by atoms with Crippen molar-refractivity contribution in [3.63, 3.8) is 0 Å². The number of amides is 1. The number of nitrogens with zero attached hydrogens (tertiary/aromatic N) is 2. The number of carbonyl (C=O) groups excluding carboxylic acids is 1. The van der Waals surface area contributed by atoms with Gasteiger partial charge in [-0.15, -0.1) is 0 Å². The number of halogens is 1. The Morgan fingerprint density at radius 1 is 1.19 bits per heavy atom. The van der Waals surface area contributed by atoms with Gasteiger partial charge in [-0.05, 0) is 61.3 Å². The Kier molecular flexibility index (Phi) is 5.23. The van der Waals surface area contributed by atoms with Gasteiger partial charge in [0.1, 0.15) is 5.75 Å². The summed E-state index contributed by atoms with van der Waals surface area (Å²) in [7, 11) is 0. The summed E-state index contributed by atoms with van der Waals surface area (Å²) in [5, 5.41) is 7.03. The van der Waals surface area contributed by atoms with Gasteiger partial charge in [0, 0.05) is 10.6 Å². The Bertz CT molecular complexity index is 939. The number of carbonyl (C=O) groups is 1. The quantitative estimate of drug-likeness (QED) is 0.718. The normalized spacial score (nSPS) is 11.8. The van der Waals surface area contributed by atoms with Crippen molar-refractivity contribution in [3.8, 4) is 17.2 Å². The van der Waals surface area contributed by atoms with Crippen LogP contribution in [0.1, 0.15) is 18.1 Å². The van der Waals surface area contributed by atoms with E-state index in [4.69, 9.17) is 20.9 Å². The van der Waals surface area contributed by atoms with Gasteiger partial charge in [0.05, 0.1) is 0 Å². The van der Waals surface area contributed by atoms with Crippen molar-refractivity contribution >= 4 is 23.5 Å². The molecule has 1 heterocycles. The van der Waals surface area contributed by atoms with Crippen molar-refractivity contribution in [2.75, 3.05) is 5.32 Å². The minimum absolute atomic E-state index is 0.0935. The van der Waals surface area contributed by atoms with Gasteiger partial charge in [-0.25, -0.2) is 0 Å². The van der Waals surface area contributed by atoms with Crippen LogP contribution in [0, 0.1) is 13.8 Å². The predicted octanol–water partition coefficient (Wildman–Crippen LogP) is 4.41. The third-order valence-corrected chi connectivity index (χ3v) is 4.27. The van der Waals surface area contributed by atoms with E-state index < -0.39 is 6.10 Å². The van der Waals surface area contributed by atoms with E-state index in [0.717, 1.165) is 16.7 Å². The number of anilines is 1. The molecule has 0 saturated heterocycles. The van der Waals surface area contributed by atoms with E-state index in [9.17, 15) is 4.79 Å². The largest absolute Gasteiger partial charge is 0.481 e. The van der Waals surface area contributed by atoms with Crippen molar-refractivity contribution in [1.29, 1.82) is 0 Å². The van der Waals surface area contributed by atoms with Crippen molar-refractivity contribution in [3.05, 3.63) is 58.6 Å². The zero-order valence-corrected chi connectivity index (χ0v) is 15.4. The lowest BCUT2D eigenvalue weighted by Gasteiger charge is -2.14. The van der Waals surface area contributed by atoms with Crippen LogP contribution in [0.15, 0.2) is 47.0 Å². The number of aryl methyl sites for hydroxylation is 2. The molecule has 0 aliphatic carbocycles. The molecule has 1 N–H and O–H groups in total. The summed E-state index contributed by atoms with van der Waals surface area (Å²) in [6, 6.07) is 12.8. The Hall–Kier alpha value is -2.86. The number of hydrogen-bond acceptors (Lipinski definition) is 5. The Balaban J connectivity index is 1.66. The lowest BCUT2D eigenvalue weighted by Crippen LogP contribution is -2.30. The minimum Gasteiger partial charge on any atom is -0.481 e. The second kappa shape index (κ2) is 7.58. The molecular formula is C19H18ClN3O3. The third kappa shape index (κ3) is 4.03. The predicted molar refractivity (Wildman–Crippen MR) is 99.4 cm³/mol. The molecule has 0 aliphatic rings. The van der Waals surface area contributed by atoms with E-state index in [-0.39, 0.29) is 11.9 Å². The van der Waals surface area contributed by atoms with E-state index in [1.165, 1.54) is 0 Å². The molecular weight excluding hydrogens is 354 g/mol. The van der Waals surface area contributed by atoms with Crippen molar-refractivity contribution in [1.82, 2.24) is 10.1 Å². The molecule has 7 heteroatoms. The smallest absolute Gasteiger partial charge is 0.270 e. The van der Waals surface area contributed by atoms with Gasteiger partial charge in [0.25, 0.3) is 17.7 Å². The molecule has 1 atom stereocenters. The van der Waals surface area contributed by atoms with Crippen LogP contribution in [0.4, 0.5) is 5.95 Å². The number of hydrogen-bond donors (Lipinski definition) is 1. The summed E-state index contributed by atoms with van der Waals surface area (Å²) in [6.07, 6.45) is -0.740. The second-order valence-electron chi connectivity index (χ2n) is 5.90. The highest BCUT2D eigenvalue weighted by Crippen LogP contribution is 2.23. The molecule has 0 bridgehead atoms. The van der Waals surface area contributed by atoms with E-state index in [2.05, 4.69) is 15.5 Å². The molecule has 6 nitrogen and oxygen atoms in total. The Morgan fingerprint density at radius 2 is 1.96 bits per heavy atom. The van der Waals surface area contributed by atoms with E-state index >= 15 is 0 Å². The highest BCUT2D eigenvalue weighted by molar-refractivity contribution is 6.31. The topological polar surface area (TPSA) is 77.2 Å². The average molecular weight is 372 g/mol. The lowest BCUT2D eigenvalue weighted by atomic mass is 10.1. The molecule has 0 fully saturated rings. The molecule has 3 aromatic rings. The van der Waals surface area contributed by atoms with E-state index in [0.29, 0.717) is 16.7 Å². The third-order valence-electron chi connectivity index (χ3n) is 3.85. The summed E-state index contributed by atoms with van der Waals surface area (Å²) < 4.78 is 10.9. The molecule has 1 aromatic heterocycles. The summed E-state index contributed by atoms with van der Waals surface area (Å²) in [6.45, 7) is 5.45. The number of nitrogens with one attached hydrogen (secondary N) is 1. The highest BCUT2D eigenvalue weighted by Gasteiger charge is 2.19. The summed E-state index contributed by atoms with van der Waals surface area (Å²) >= 11 is 5.99. The average Bonchev–Trinajstić information content (AvgIpc) is 3.06. The van der Waals surface area contributed by atoms with Crippen molar-refractivity contribution in [2.45, 2.75) is 26.9 Å². The minimum atomic E-state index is -0.740. The zero-order chi connectivity index (χ0) is 18.7. The molecule has 0 radical (unpaired) electrons. The molecule has 3 rings (SSSR count). The number of benzene rings is 2. The Labute approximate surface area is 156 Å². The first-order valence-corrected chi connectivity index (χ1v) is 8.45.